The molecule has 0 radical (unpaired) electrons. The van der Waals surface area contributed by atoms with Gasteiger partial charge in [0.15, 0.2) is 5.76 Å². The first kappa shape index (κ1) is 16.3. The number of carbonyl (C=O) groups excluding carboxylic acids is 2. The Bertz CT molecular complexity index is 866. The highest BCUT2D eigenvalue weighted by Crippen LogP contribution is 2.28. The van der Waals surface area contributed by atoms with E-state index in [1.54, 1.807) is 55.6 Å². The molecule has 0 bridgehead atoms. The molecule has 6 nitrogen and oxygen atoms in total. The number of carbonyl (C=O) groups is 2. The summed E-state index contributed by atoms with van der Waals surface area (Å²) in [7, 11) is 1.55. The molecule has 0 aliphatic carbocycles. The highest BCUT2D eigenvalue weighted by Gasteiger charge is 2.31. The van der Waals surface area contributed by atoms with Crippen LogP contribution in [0.5, 0.6) is 5.75 Å². The summed E-state index contributed by atoms with van der Waals surface area (Å²) in [6, 6.07) is 15.7. The van der Waals surface area contributed by atoms with Crippen molar-refractivity contribution in [2.75, 3.05) is 12.4 Å². The Morgan fingerprint density at radius 3 is 2.40 bits per heavy atom. The average molecular weight is 336 g/mol. The minimum Gasteiger partial charge on any atom is -0.544 e. The summed E-state index contributed by atoms with van der Waals surface area (Å²) >= 11 is 0. The number of nitrogens with one attached hydrogen (secondary N) is 1. The molecule has 0 atom stereocenters. The molecule has 1 N–H and O–H groups in total. The minimum atomic E-state index is -1.60. The van der Waals surface area contributed by atoms with Crippen LogP contribution in [0.1, 0.15) is 5.56 Å². The Labute approximate surface area is 144 Å². The molecule has 0 saturated heterocycles. The van der Waals surface area contributed by atoms with Crippen LogP contribution in [0, 0.1) is 0 Å². The van der Waals surface area contributed by atoms with Gasteiger partial charge in [0, 0.05) is 5.69 Å². The average Bonchev–Trinajstić information content (AvgIpc) is 2.92. The van der Waals surface area contributed by atoms with Crippen LogP contribution >= 0.6 is 0 Å². The fourth-order valence-electron chi connectivity index (χ4n) is 2.31. The van der Waals surface area contributed by atoms with Crippen LogP contribution in [0.15, 0.2) is 71.8 Å². The maximum atomic E-state index is 12.3. The molecular weight excluding hydrogens is 322 g/mol. The normalized spacial score (nSPS) is 15.2. The summed E-state index contributed by atoms with van der Waals surface area (Å²) in [6.07, 6.45) is 1.46. The van der Waals surface area contributed by atoms with Gasteiger partial charge in [-0.05, 0) is 35.9 Å². The smallest absolute Gasteiger partial charge is 0.235 e. The number of hydrogen-bond donors (Lipinski definition) is 1. The van der Waals surface area contributed by atoms with Crippen molar-refractivity contribution in [1.29, 1.82) is 0 Å². The van der Waals surface area contributed by atoms with Gasteiger partial charge >= 0.3 is 0 Å². The second-order valence-corrected chi connectivity index (χ2v) is 5.20. The third kappa shape index (κ3) is 3.53. The van der Waals surface area contributed by atoms with Crippen molar-refractivity contribution in [2.45, 2.75) is 0 Å². The number of para-hydroxylation sites is 1. The van der Waals surface area contributed by atoms with Crippen molar-refractivity contribution in [3.8, 4) is 5.75 Å². The van der Waals surface area contributed by atoms with E-state index in [0.717, 1.165) is 0 Å². The van der Waals surface area contributed by atoms with Crippen LogP contribution < -0.4 is 15.2 Å². The lowest BCUT2D eigenvalue weighted by Crippen LogP contribution is -2.28. The number of hydrogen-bond acceptors (Lipinski definition) is 6. The van der Waals surface area contributed by atoms with E-state index in [2.05, 4.69) is 5.32 Å². The number of benzene rings is 2. The van der Waals surface area contributed by atoms with Crippen LogP contribution in [-0.4, -0.2) is 18.9 Å². The van der Waals surface area contributed by atoms with E-state index < -0.39 is 17.3 Å². The van der Waals surface area contributed by atoms with E-state index in [0.29, 0.717) is 17.0 Å². The second kappa shape index (κ2) is 6.92. The van der Waals surface area contributed by atoms with E-state index in [1.807, 2.05) is 6.07 Å². The van der Waals surface area contributed by atoms with Gasteiger partial charge in [-0.2, -0.15) is 0 Å². The molecule has 1 aliphatic heterocycles. The lowest BCUT2D eigenvalue weighted by molar-refractivity contribution is -0.298. The van der Waals surface area contributed by atoms with E-state index >= 15 is 0 Å². The Hall–Kier alpha value is -3.54. The topological polar surface area (TPSA) is 87.7 Å². The number of ether oxygens (including phenoxy) is 2. The van der Waals surface area contributed by atoms with Gasteiger partial charge in [0.05, 0.1) is 13.1 Å². The Kier molecular flexibility index (Phi) is 4.52. The fraction of sp³-hybridized carbons (Fsp3) is 0.0526. The predicted molar refractivity (Wildman–Crippen MR) is 89.2 cm³/mol. The molecule has 0 amide bonds. The highest BCUT2D eigenvalue weighted by atomic mass is 16.5. The summed E-state index contributed by atoms with van der Waals surface area (Å²) in [5.41, 5.74) is 0.723. The molecule has 0 spiro atoms. The molecular formula is C19H14NO5-. The zero-order chi connectivity index (χ0) is 17.8. The number of methoxy groups -OCH3 is 1. The predicted octanol–water partition coefficient (Wildman–Crippen LogP) is 1.71. The molecule has 126 valence electrons. The van der Waals surface area contributed by atoms with Crippen LogP contribution in [-0.2, 0) is 14.3 Å². The highest BCUT2D eigenvalue weighted by molar-refractivity contribution is 6.25. The molecule has 0 unspecified atom stereocenters. The van der Waals surface area contributed by atoms with Gasteiger partial charge in [-0.1, -0.05) is 30.3 Å². The second-order valence-electron chi connectivity index (χ2n) is 5.20. The number of aliphatic carboxylic acids is 1. The van der Waals surface area contributed by atoms with Crippen LogP contribution in [0.3, 0.4) is 0 Å². The number of carboxylic acid groups (broad SMARTS) is 1. The van der Waals surface area contributed by atoms with E-state index in [-0.39, 0.29) is 11.6 Å². The molecule has 25 heavy (non-hydrogen) atoms. The fourth-order valence-corrected chi connectivity index (χ4v) is 2.31. The molecule has 0 saturated carbocycles. The summed E-state index contributed by atoms with van der Waals surface area (Å²) in [4.78, 5) is 23.7. The van der Waals surface area contributed by atoms with Crippen molar-refractivity contribution in [3.05, 3.63) is 77.4 Å². The Balaban J connectivity index is 1.89. The van der Waals surface area contributed by atoms with E-state index in [9.17, 15) is 14.7 Å². The summed E-state index contributed by atoms with van der Waals surface area (Å²) in [5.74, 6) is -1.92. The molecule has 0 fully saturated rings. The largest absolute Gasteiger partial charge is 0.544 e. The lowest BCUT2D eigenvalue weighted by Gasteiger charge is -2.09. The van der Waals surface area contributed by atoms with Crippen molar-refractivity contribution >= 4 is 23.5 Å². The SMILES string of the molecule is COc1ccc(/C=C2\OC(Nc3ccccc3)=C(C(=O)[O-])C2=O)cc1. The maximum absolute atomic E-state index is 12.3. The summed E-state index contributed by atoms with van der Waals surface area (Å²) in [6.45, 7) is 0. The number of Topliss-reactive ketones (excluding diaryl/α,β-unsaturated/α-hetero) is 1. The molecule has 3 rings (SSSR count). The van der Waals surface area contributed by atoms with Crippen molar-refractivity contribution in [2.24, 2.45) is 0 Å². The monoisotopic (exact) mass is 336 g/mol. The molecule has 1 heterocycles. The number of anilines is 1. The third-order valence-electron chi connectivity index (χ3n) is 3.54. The van der Waals surface area contributed by atoms with Gasteiger partial charge in [-0.25, -0.2) is 0 Å². The zero-order valence-electron chi connectivity index (χ0n) is 13.3. The number of carboxylic acids is 1. The van der Waals surface area contributed by atoms with Gasteiger partial charge in [0.2, 0.25) is 11.7 Å². The van der Waals surface area contributed by atoms with Crippen molar-refractivity contribution in [3.63, 3.8) is 0 Å². The van der Waals surface area contributed by atoms with Crippen molar-refractivity contribution in [1.82, 2.24) is 0 Å². The third-order valence-corrected chi connectivity index (χ3v) is 3.54. The lowest BCUT2D eigenvalue weighted by atomic mass is 10.1. The minimum absolute atomic E-state index is 0.0946. The van der Waals surface area contributed by atoms with Crippen LogP contribution in [0.4, 0.5) is 5.69 Å². The molecule has 6 heteroatoms. The van der Waals surface area contributed by atoms with Gasteiger partial charge < -0.3 is 24.7 Å². The Morgan fingerprint density at radius 1 is 1.12 bits per heavy atom. The van der Waals surface area contributed by atoms with E-state index in [1.165, 1.54) is 6.08 Å². The number of ketones is 1. The summed E-state index contributed by atoms with van der Waals surface area (Å²) in [5, 5.41) is 14.1. The quantitative estimate of drug-likeness (QED) is 0.661. The first-order valence-corrected chi connectivity index (χ1v) is 7.44. The molecule has 2 aromatic carbocycles. The van der Waals surface area contributed by atoms with Gasteiger partial charge in [0.25, 0.3) is 0 Å². The molecule has 0 aromatic heterocycles. The molecule has 2 aromatic rings. The zero-order valence-corrected chi connectivity index (χ0v) is 13.3. The standard InChI is InChI=1S/C19H15NO5/c1-24-14-9-7-12(8-10-14)11-15-17(21)16(19(22)23)18(25-15)20-13-5-3-2-4-6-13/h2-11,20H,1H3,(H,22,23)/p-1/b15-11-. The number of allylic oxidation sites excluding steroid dienone is 1. The molecule has 1 aliphatic rings. The van der Waals surface area contributed by atoms with E-state index in [4.69, 9.17) is 9.47 Å². The van der Waals surface area contributed by atoms with Gasteiger partial charge in [-0.3, -0.25) is 4.79 Å². The van der Waals surface area contributed by atoms with Crippen LogP contribution in [0.2, 0.25) is 0 Å². The first-order chi connectivity index (χ1) is 12.1. The Morgan fingerprint density at radius 2 is 1.80 bits per heavy atom. The van der Waals surface area contributed by atoms with Crippen LogP contribution in [0.25, 0.3) is 6.08 Å². The maximum Gasteiger partial charge on any atom is 0.235 e. The van der Waals surface area contributed by atoms with Gasteiger partial charge in [0.1, 0.15) is 11.3 Å². The number of rotatable bonds is 5. The van der Waals surface area contributed by atoms with Gasteiger partial charge in [-0.15, -0.1) is 0 Å². The van der Waals surface area contributed by atoms with Crippen molar-refractivity contribution < 1.29 is 24.2 Å². The first-order valence-electron chi connectivity index (χ1n) is 7.44. The summed E-state index contributed by atoms with van der Waals surface area (Å²) < 4.78 is 10.5.